The zero-order valence-electron chi connectivity index (χ0n) is 11.8. The summed E-state index contributed by atoms with van der Waals surface area (Å²) in [6, 6.07) is 1.97. The zero-order chi connectivity index (χ0) is 14.7. The van der Waals surface area contributed by atoms with Gasteiger partial charge in [0.25, 0.3) is 0 Å². The number of hydrogen-bond donors (Lipinski definition) is 1. The molecule has 0 aromatic carbocycles. The van der Waals surface area contributed by atoms with Gasteiger partial charge in [-0.05, 0) is 26.3 Å². The molecule has 0 aliphatic carbocycles. The second-order valence-corrected chi connectivity index (χ2v) is 6.79. The van der Waals surface area contributed by atoms with Gasteiger partial charge in [-0.2, -0.15) is 0 Å². The summed E-state index contributed by atoms with van der Waals surface area (Å²) in [5, 5.41) is 8.07. The Balaban J connectivity index is 2.07. The molecular weight excluding hydrogens is 292 g/mol. The van der Waals surface area contributed by atoms with E-state index in [4.69, 9.17) is 5.73 Å². The third-order valence-corrected chi connectivity index (χ3v) is 4.96. The molecule has 0 aliphatic heterocycles. The molecule has 2 heterocycles. The number of ketones is 1. The Morgan fingerprint density at radius 2 is 2.20 bits per heavy atom. The molecule has 5 nitrogen and oxygen atoms in total. The first-order valence-electron chi connectivity index (χ1n) is 6.44. The molecule has 0 fully saturated rings. The minimum absolute atomic E-state index is 0.124. The maximum Gasteiger partial charge on any atom is 0.203 e. The van der Waals surface area contributed by atoms with Gasteiger partial charge in [-0.15, -0.1) is 10.2 Å². The van der Waals surface area contributed by atoms with E-state index in [0.29, 0.717) is 10.9 Å². The highest BCUT2D eigenvalue weighted by Gasteiger charge is 2.16. The van der Waals surface area contributed by atoms with Crippen LogP contribution in [0.3, 0.4) is 0 Å². The predicted molar refractivity (Wildman–Crippen MR) is 83.6 cm³/mol. The first-order chi connectivity index (χ1) is 9.52. The van der Waals surface area contributed by atoms with Crippen LogP contribution in [0.4, 0.5) is 5.13 Å². The van der Waals surface area contributed by atoms with Crippen LogP contribution in [0.15, 0.2) is 10.4 Å². The van der Waals surface area contributed by atoms with Gasteiger partial charge >= 0.3 is 0 Å². The van der Waals surface area contributed by atoms with E-state index in [2.05, 4.69) is 21.7 Å². The van der Waals surface area contributed by atoms with E-state index >= 15 is 0 Å². The molecule has 0 spiro atoms. The molecule has 0 unspecified atom stereocenters. The van der Waals surface area contributed by atoms with Crippen molar-refractivity contribution in [1.82, 2.24) is 14.8 Å². The summed E-state index contributed by atoms with van der Waals surface area (Å²) in [5.74, 6) is 0.490. The molecule has 2 rings (SSSR count). The Morgan fingerprint density at radius 3 is 2.80 bits per heavy atom. The van der Waals surface area contributed by atoms with E-state index < -0.39 is 0 Å². The van der Waals surface area contributed by atoms with Crippen molar-refractivity contribution < 1.29 is 4.79 Å². The average Bonchev–Trinajstić information content (AvgIpc) is 2.94. The molecule has 0 saturated heterocycles. The predicted octanol–water partition coefficient (Wildman–Crippen LogP) is 2.92. The number of Topliss-reactive ketones (excluding diaryl/α,β-unsaturated/α-hetero) is 1. The van der Waals surface area contributed by atoms with Gasteiger partial charge in [0.15, 0.2) is 10.1 Å². The van der Waals surface area contributed by atoms with E-state index in [0.717, 1.165) is 34.3 Å². The highest BCUT2D eigenvalue weighted by atomic mass is 32.2. The van der Waals surface area contributed by atoms with Crippen LogP contribution < -0.4 is 5.73 Å². The fraction of sp³-hybridized carbons (Fsp3) is 0.462. The first kappa shape index (κ1) is 15.1. The Morgan fingerprint density at radius 1 is 1.45 bits per heavy atom. The number of aryl methyl sites for hydroxylation is 1. The summed E-state index contributed by atoms with van der Waals surface area (Å²) in [4.78, 5) is 12.3. The normalized spacial score (nSPS) is 10.9. The van der Waals surface area contributed by atoms with E-state index in [1.54, 1.807) is 0 Å². The van der Waals surface area contributed by atoms with E-state index in [-0.39, 0.29) is 5.78 Å². The second-order valence-electron chi connectivity index (χ2n) is 4.55. The summed E-state index contributed by atoms with van der Waals surface area (Å²) in [5.41, 5.74) is 8.51. The lowest BCUT2D eigenvalue weighted by Crippen LogP contribution is -2.06. The Kier molecular flexibility index (Phi) is 4.82. The van der Waals surface area contributed by atoms with Crippen molar-refractivity contribution in [3.05, 3.63) is 23.0 Å². The fourth-order valence-corrected chi connectivity index (χ4v) is 3.65. The molecular formula is C13H18N4OS2. The van der Waals surface area contributed by atoms with Crippen molar-refractivity contribution in [2.45, 2.75) is 38.1 Å². The number of aromatic nitrogens is 3. The molecule has 108 valence electrons. The van der Waals surface area contributed by atoms with Crippen LogP contribution in [0.5, 0.6) is 0 Å². The lowest BCUT2D eigenvalue weighted by atomic mass is 10.2. The van der Waals surface area contributed by atoms with Crippen molar-refractivity contribution in [1.29, 1.82) is 0 Å². The standard InChI is InChI=1S/C13H18N4OS2/c1-4-5-17-8(2)6-10(9(17)3)11(18)7-19-13-16-15-12(14)20-13/h6H,4-5,7H2,1-3H3,(H2,14,15). The summed E-state index contributed by atoms with van der Waals surface area (Å²) in [6.07, 6.45) is 1.06. The SMILES string of the molecule is CCCn1c(C)cc(C(=O)CSc2nnc(N)s2)c1C. The third kappa shape index (κ3) is 3.21. The van der Waals surface area contributed by atoms with Crippen LogP contribution in [-0.4, -0.2) is 26.3 Å². The molecule has 2 N–H and O–H groups in total. The van der Waals surface area contributed by atoms with Gasteiger partial charge in [0.2, 0.25) is 5.13 Å². The number of nitrogens with two attached hydrogens (primary N) is 1. The van der Waals surface area contributed by atoms with Gasteiger partial charge in [0.05, 0.1) is 5.75 Å². The van der Waals surface area contributed by atoms with Crippen molar-refractivity contribution >= 4 is 34.0 Å². The maximum atomic E-state index is 12.3. The van der Waals surface area contributed by atoms with E-state index in [1.807, 2.05) is 19.9 Å². The monoisotopic (exact) mass is 310 g/mol. The van der Waals surface area contributed by atoms with Gasteiger partial charge in [-0.1, -0.05) is 30.0 Å². The number of carbonyl (C=O) groups is 1. The van der Waals surface area contributed by atoms with Gasteiger partial charge < -0.3 is 10.3 Å². The lowest BCUT2D eigenvalue weighted by molar-refractivity contribution is 0.102. The van der Waals surface area contributed by atoms with Crippen LogP contribution in [0.25, 0.3) is 0 Å². The molecule has 20 heavy (non-hydrogen) atoms. The zero-order valence-corrected chi connectivity index (χ0v) is 13.5. The van der Waals surface area contributed by atoms with E-state index in [9.17, 15) is 4.79 Å². The van der Waals surface area contributed by atoms with Crippen molar-refractivity contribution in [2.75, 3.05) is 11.5 Å². The molecule has 0 bridgehead atoms. The van der Waals surface area contributed by atoms with Crippen molar-refractivity contribution in [2.24, 2.45) is 0 Å². The molecule has 0 aliphatic rings. The highest BCUT2D eigenvalue weighted by Crippen LogP contribution is 2.25. The third-order valence-electron chi connectivity index (χ3n) is 3.07. The van der Waals surface area contributed by atoms with E-state index in [1.165, 1.54) is 23.1 Å². The van der Waals surface area contributed by atoms with Gasteiger partial charge in [0, 0.05) is 23.5 Å². The smallest absolute Gasteiger partial charge is 0.203 e. The van der Waals surface area contributed by atoms with Crippen molar-refractivity contribution in [3.63, 3.8) is 0 Å². The second kappa shape index (κ2) is 6.41. The van der Waals surface area contributed by atoms with Crippen LogP contribution in [0, 0.1) is 13.8 Å². The molecule has 0 radical (unpaired) electrons. The highest BCUT2D eigenvalue weighted by molar-refractivity contribution is 8.01. The largest absolute Gasteiger partial charge is 0.374 e. The molecule has 2 aromatic rings. The maximum absolute atomic E-state index is 12.3. The van der Waals surface area contributed by atoms with Crippen LogP contribution in [0.2, 0.25) is 0 Å². The Labute approximate surface area is 126 Å². The van der Waals surface area contributed by atoms with Gasteiger partial charge in [0.1, 0.15) is 0 Å². The summed E-state index contributed by atoms with van der Waals surface area (Å²) in [6.45, 7) is 7.13. The lowest BCUT2D eigenvalue weighted by Gasteiger charge is -2.07. The Bertz CT molecular complexity index is 618. The number of nitrogen functional groups attached to an aromatic ring is 1. The fourth-order valence-electron chi connectivity index (χ4n) is 2.13. The summed E-state index contributed by atoms with van der Waals surface area (Å²) in [7, 11) is 0. The number of hydrogen-bond acceptors (Lipinski definition) is 6. The van der Waals surface area contributed by atoms with Crippen molar-refractivity contribution in [3.8, 4) is 0 Å². The van der Waals surface area contributed by atoms with Crippen LogP contribution in [0.1, 0.15) is 35.1 Å². The quantitative estimate of drug-likeness (QED) is 0.656. The van der Waals surface area contributed by atoms with Crippen LogP contribution >= 0.6 is 23.1 Å². The van der Waals surface area contributed by atoms with Crippen LogP contribution in [-0.2, 0) is 6.54 Å². The molecule has 0 atom stereocenters. The minimum Gasteiger partial charge on any atom is -0.374 e. The molecule has 7 heteroatoms. The average molecular weight is 310 g/mol. The molecule has 0 amide bonds. The minimum atomic E-state index is 0.124. The van der Waals surface area contributed by atoms with Gasteiger partial charge in [-0.3, -0.25) is 4.79 Å². The molecule has 2 aromatic heterocycles. The number of rotatable bonds is 6. The number of nitrogens with zero attached hydrogens (tertiary/aromatic N) is 3. The number of thioether (sulfide) groups is 1. The number of anilines is 1. The molecule has 0 saturated carbocycles. The Hall–Kier alpha value is -1.34. The topological polar surface area (TPSA) is 73.8 Å². The number of carbonyl (C=O) groups excluding carboxylic acids is 1. The summed E-state index contributed by atoms with van der Waals surface area (Å²) >= 11 is 2.69. The first-order valence-corrected chi connectivity index (χ1v) is 8.24. The van der Waals surface area contributed by atoms with Gasteiger partial charge in [-0.25, -0.2) is 0 Å². The summed E-state index contributed by atoms with van der Waals surface area (Å²) < 4.78 is 2.93.